The highest BCUT2D eigenvalue weighted by Gasteiger charge is 2.34. The van der Waals surface area contributed by atoms with Gasteiger partial charge in [-0.1, -0.05) is 24.3 Å². The molecule has 0 saturated carbocycles. The zero-order chi connectivity index (χ0) is 31.5. The fraction of sp³-hybridized carbons (Fsp3) is 0.367. The second kappa shape index (κ2) is 12.4. The van der Waals surface area contributed by atoms with Crippen LogP contribution >= 0.6 is 0 Å². The van der Waals surface area contributed by atoms with Crippen LogP contribution in [0.1, 0.15) is 40.5 Å². The van der Waals surface area contributed by atoms with E-state index in [0.29, 0.717) is 37.6 Å². The Hall–Kier alpha value is -5.07. The molecule has 3 N–H and O–H groups in total. The van der Waals surface area contributed by atoms with Crippen molar-refractivity contribution in [3.8, 4) is 0 Å². The summed E-state index contributed by atoms with van der Waals surface area (Å²) in [6.07, 6.45) is 5.89. The summed E-state index contributed by atoms with van der Waals surface area (Å²) < 4.78 is 0. The number of nitrogens with one attached hydrogen (secondary N) is 1. The number of amides is 4. The second-order valence-corrected chi connectivity index (χ2v) is 10.9. The van der Waals surface area contributed by atoms with Gasteiger partial charge in [0, 0.05) is 43.6 Å². The Labute approximate surface area is 248 Å². The van der Waals surface area contributed by atoms with Gasteiger partial charge in [-0.05, 0) is 57.4 Å². The molecule has 0 bridgehead atoms. The number of carboxylic acid groups (broad SMARTS) is 2. The van der Waals surface area contributed by atoms with Crippen molar-refractivity contribution in [2.45, 2.75) is 34.1 Å². The smallest absolute Gasteiger partial charge is 0.331 e. The van der Waals surface area contributed by atoms with Gasteiger partial charge in [0.15, 0.2) is 0 Å². The Kier molecular flexibility index (Phi) is 8.93. The minimum atomic E-state index is -1.08. The van der Waals surface area contributed by atoms with E-state index < -0.39 is 23.4 Å². The predicted molar refractivity (Wildman–Crippen MR) is 157 cm³/mol. The molecule has 1 unspecified atom stereocenters. The van der Waals surface area contributed by atoms with Gasteiger partial charge in [0.05, 0.1) is 11.0 Å². The number of rotatable bonds is 5. The molecule has 2 aliphatic heterocycles. The molecule has 2 fully saturated rings. The van der Waals surface area contributed by atoms with Crippen molar-refractivity contribution in [1.29, 1.82) is 0 Å². The molecule has 3 aliphatic rings. The van der Waals surface area contributed by atoms with Gasteiger partial charge in [0.25, 0.3) is 5.91 Å². The molecular formula is C30H34N6O7. The Bertz CT molecular complexity index is 1530. The van der Waals surface area contributed by atoms with E-state index in [-0.39, 0.29) is 30.4 Å². The SMILES string of the molecule is CC1(C(=O)O)C=CC=C(C(=O)O)C1.Cc1cc(C)c(N2CCN(C(=O)c3ccc(N4CC(=O)NC4=O)nc3)CC2)nc1C. The molecule has 0 radical (unpaired) electrons. The Morgan fingerprint density at radius 3 is 2.26 bits per heavy atom. The molecule has 13 nitrogen and oxygen atoms in total. The van der Waals surface area contributed by atoms with Gasteiger partial charge in [0.1, 0.15) is 18.2 Å². The lowest BCUT2D eigenvalue weighted by Gasteiger charge is -2.36. The molecule has 2 saturated heterocycles. The minimum absolute atomic E-state index is 0.0359. The molecule has 13 heteroatoms. The average Bonchev–Trinajstić information content (AvgIpc) is 3.32. The summed E-state index contributed by atoms with van der Waals surface area (Å²) in [7, 11) is 0. The number of aryl methyl sites for hydroxylation is 3. The first-order valence-corrected chi connectivity index (χ1v) is 13.7. The van der Waals surface area contributed by atoms with Gasteiger partial charge in [-0.15, -0.1) is 0 Å². The monoisotopic (exact) mass is 590 g/mol. The van der Waals surface area contributed by atoms with Crippen molar-refractivity contribution in [3.63, 3.8) is 0 Å². The number of carbonyl (C=O) groups is 5. The van der Waals surface area contributed by atoms with E-state index in [2.05, 4.69) is 35.1 Å². The number of anilines is 2. The number of carbonyl (C=O) groups excluding carboxylic acids is 3. The zero-order valence-electron chi connectivity index (χ0n) is 24.5. The summed E-state index contributed by atoms with van der Waals surface area (Å²) in [6, 6.07) is 4.88. The molecule has 2 aromatic heterocycles. The van der Waals surface area contributed by atoms with Crippen molar-refractivity contribution in [2.75, 3.05) is 42.5 Å². The van der Waals surface area contributed by atoms with Gasteiger partial charge >= 0.3 is 18.0 Å². The molecule has 4 amide bonds. The third-order valence-electron chi connectivity index (χ3n) is 7.64. The molecular weight excluding hydrogens is 556 g/mol. The van der Waals surface area contributed by atoms with Gasteiger partial charge in [-0.25, -0.2) is 19.6 Å². The first-order chi connectivity index (χ1) is 20.3. The normalized spacial score (nSPS) is 19.8. The molecule has 2 aromatic rings. The average molecular weight is 591 g/mol. The van der Waals surface area contributed by atoms with E-state index in [0.717, 1.165) is 17.1 Å². The predicted octanol–water partition coefficient (Wildman–Crippen LogP) is 2.47. The van der Waals surface area contributed by atoms with Crippen LogP contribution in [0.15, 0.2) is 48.2 Å². The molecule has 0 aromatic carbocycles. The maximum atomic E-state index is 12.9. The fourth-order valence-corrected chi connectivity index (χ4v) is 4.94. The van der Waals surface area contributed by atoms with Crippen LogP contribution < -0.4 is 15.1 Å². The van der Waals surface area contributed by atoms with E-state index in [1.54, 1.807) is 17.0 Å². The third kappa shape index (κ3) is 6.88. The van der Waals surface area contributed by atoms with Crippen LogP contribution in [0.5, 0.6) is 0 Å². The highest BCUT2D eigenvalue weighted by atomic mass is 16.4. The second-order valence-electron chi connectivity index (χ2n) is 10.9. The number of imide groups is 1. The number of hydrogen-bond acceptors (Lipinski definition) is 8. The van der Waals surface area contributed by atoms with E-state index in [1.165, 1.54) is 41.8 Å². The molecule has 43 heavy (non-hydrogen) atoms. The van der Waals surface area contributed by atoms with E-state index in [1.807, 2.05) is 6.92 Å². The van der Waals surface area contributed by atoms with Crippen molar-refractivity contribution in [2.24, 2.45) is 5.41 Å². The topological polar surface area (TPSA) is 173 Å². The maximum Gasteiger partial charge on any atom is 0.331 e. The molecule has 1 aliphatic carbocycles. The number of urea groups is 1. The Morgan fingerprint density at radius 2 is 1.70 bits per heavy atom. The molecule has 0 spiro atoms. The number of carboxylic acids is 2. The highest BCUT2D eigenvalue weighted by Crippen LogP contribution is 2.31. The maximum absolute atomic E-state index is 12.9. The van der Waals surface area contributed by atoms with Crippen LogP contribution in [0.2, 0.25) is 0 Å². The molecule has 5 rings (SSSR count). The lowest BCUT2D eigenvalue weighted by Crippen LogP contribution is -2.49. The summed E-state index contributed by atoms with van der Waals surface area (Å²) in [5.74, 6) is -1.20. The highest BCUT2D eigenvalue weighted by molar-refractivity contribution is 6.11. The number of allylic oxidation sites excluding steroid dienone is 2. The number of piperazine rings is 1. The summed E-state index contributed by atoms with van der Waals surface area (Å²) in [5, 5.41) is 19.7. The number of aromatic nitrogens is 2. The standard InChI is InChI=1S/C21H24N6O3.C9H10O4/c1-13-10-14(2)19(23-15(13)3)25-6-8-26(9-7-25)20(29)16-4-5-17(22-11-16)27-12-18(28)24-21(27)30;1-9(8(12)13)4-2-3-6(5-9)7(10)11/h4-5,10-11H,6-9,12H2,1-3H3,(H,24,28,30);2-4H,5H2,1H3,(H,10,11)(H,12,13). The first kappa shape index (κ1) is 30.9. The van der Waals surface area contributed by atoms with Gasteiger partial charge in [0.2, 0.25) is 5.91 Å². The summed E-state index contributed by atoms with van der Waals surface area (Å²) in [5.41, 5.74) is 2.85. The van der Waals surface area contributed by atoms with Crippen LogP contribution in [0.25, 0.3) is 0 Å². The lowest BCUT2D eigenvalue weighted by molar-refractivity contribution is -0.145. The van der Waals surface area contributed by atoms with Crippen LogP contribution in [0, 0.1) is 26.2 Å². The van der Waals surface area contributed by atoms with Crippen molar-refractivity contribution >= 4 is 41.4 Å². The van der Waals surface area contributed by atoms with Gasteiger partial charge < -0.3 is 20.0 Å². The summed E-state index contributed by atoms with van der Waals surface area (Å²) in [4.78, 5) is 71.5. The molecule has 1 atom stereocenters. The Balaban J connectivity index is 0.000000273. The Morgan fingerprint density at radius 1 is 1.00 bits per heavy atom. The minimum Gasteiger partial charge on any atom is -0.481 e. The number of hydrogen-bond donors (Lipinski definition) is 3. The van der Waals surface area contributed by atoms with Crippen LogP contribution in [-0.4, -0.2) is 87.6 Å². The number of aliphatic carboxylic acids is 2. The van der Waals surface area contributed by atoms with Crippen LogP contribution in [0.3, 0.4) is 0 Å². The van der Waals surface area contributed by atoms with Gasteiger partial charge in [-0.2, -0.15) is 0 Å². The lowest BCUT2D eigenvalue weighted by atomic mass is 9.80. The van der Waals surface area contributed by atoms with E-state index in [9.17, 15) is 24.0 Å². The van der Waals surface area contributed by atoms with Crippen molar-refractivity contribution in [1.82, 2.24) is 20.2 Å². The molecule has 226 valence electrons. The summed E-state index contributed by atoms with van der Waals surface area (Å²) in [6.45, 7) is 10.2. The van der Waals surface area contributed by atoms with Crippen LogP contribution in [-0.2, 0) is 14.4 Å². The van der Waals surface area contributed by atoms with Crippen molar-refractivity contribution in [3.05, 3.63) is 70.6 Å². The number of nitrogens with zero attached hydrogens (tertiary/aromatic N) is 5. The zero-order valence-corrected chi connectivity index (χ0v) is 24.5. The first-order valence-electron chi connectivity index (χ1n) is 13.7. The van der Waals surface area contributed by atoms with Crippen molar-refractivity contribution < 1.29 is 34.2 Å². The quantitative estimate of drug-likeness (QED) is 0.439. The van der Waals surface area contributed by atoms with E-state index in [4.69, 9.17) is 15.2 Å². The molecule has 4 heterocycles. The third-order valence-corrected chi connectivity index (χ3v) is 7.64. The van der Waals surface area contributed by atoms with Gasteiger partial charge in [-0.3, -0.25) is 24.6 Å². The van der Waals surface area contributed by atoms with Crippen LogP contribution in [0.4, 0.5) is 16.4 Å². The largest absolute Gasteiger partial charge is 0.481 e. The summed E-state index contributed by atoms with van der Waals surface area (Å²) >= 11 is 0. The fourth-order valence-electron chi connectivity index (χ4n) is 4.94. The number of pyridine rings is 2. The van der Waals surface area contributed by atoms with E-state index >= 15 is 0 Å².